The fourth-order valence-corrected chi connectivity index (χ4v) is 2.35. The van der Waals surface area contributed by atoms with Crippen molar-refractivity contribution in [2.45, 2.75) is 38.1 Å². The summed E-state index contributed by atoms with van der Waals surface area (Å²) in [4.78, 5) is 29.9. The first-order valence-corrected chi connectivity index (χ1v) is 7.59. The smallest absolute Gasteiger partial charge is 0.332 e. The molecule has 0 fully saturated rings. The van der Waals surface area contributed by atoms with E-state index < -0.39 is 5.97 Å². The zero-order valence-corrected chi connectivity index (χ0v) is 12.6. The lowest BCUT2D eigenvalue weighted by atomic mass is 10.0. The number of hydroxylamine groups is 2. The lowest BCUT2D eigenvalue weighted by Gasteiger charge is -2.29. The summed E-state index contributed by atoms with van der Waals surface area (Å²) in [7, 11) is 0. The monoisotopic (exact) mass is 299 g/mol. The van der Waals surface area contributed by atoms with Gasteiger partial charge in [0.1, 0.15) is 0 Å². The number of carbonyl (C=O) groups is 2. The summed E-state index contributed by atoms with van der Waals surface area (Å²) in [6.45, 7) is 3.62. The van der Waals surface area contributed by atoms with Gasteiger partial charge in [-0.2, -0.15) is 5.06 Å². The second-order valence-electron chi connectivity index (χ2n) is 5.22. The molecular weight excluding hydrogens is 278 g/mol. The highest BCUT2D eigenvalue weighted by Crippen LogP contribution is 2.19. The molecule has 0 heterocycles. The van der Waals surface area contributed by atoms with Crippen molar-refractivity contribution in [3.05, 3.63) is 60.7 Å². The van der Waals surface area contributed by atoms with Crippen LogP contribution in [0.4, 0.5) is 0 Å². The number of carbonyl (C=O) groups excluding carboxylic acids is 2. The molecule has 0 aliphatic heterocycles. The van der Waals surface area contributed by atoms with Crippen LogP contribution in [0.1, 0.15) is 42.5 Å². The highest BCUT2D eigenvalue weighted by molar-refractivity contribution is 5.90. The van der Waals surface area contributed by atoms with Crippen molar-refractivity contribution in [3.8, 4) is 0 Å². The molecule has 4 nitrogen and oxygen atoms in total. The van der Waals surface area contributed by atoms with Crippen LogP contribution < -0.4 is 0 Å². The van der Waals surface area contributed by atoms with Crippen molar-refractivity contribution in [1.82, 2.24) is 5.06 Å². The molecule has 2 rings (SSSR count). The minimum Gasteiger partial charge on any atom is -0.332 e. The molecule has 0 spiro atoms. The number of rotatable bonds is 5. The molecular formula is C18H21NO3. The van der Waals surface area contributed by atoms with Gasteiger partial charge in [0.15, 0.2) is 0 Å². The van der Waals surface area contributed by atoms with E-state index in [-0.39, 0.29) is 18.4 Å². The lowest BCUT2D eigenvalue weighted by Crippen LogP contribution is -2.41. The van der Waals surface area contributed by atoms with Gasteiger partial charge in [0, 0.05) is 6.42 Å². The van der Waals surface area contributed by atoms with E-state index in [9.17, 15) is 9.59 Å². The van der Waals surface area contributed by atoms with Gasteiger partial charge < -0.3 is 4.84 Å². The first-order chi connectivity index (χ1) is 10.7. The Kier molecular flexibility index (Phi) is 5.95. The van der Waals surface area contributed by atoms with Gasteiger partial charge in [-0.05, 0) is 37.8 Å². The number of hydrogen-bond acceptors (Lipinski definition) is 3. The highest BCUT2D eigenvalue weighted by Gasteiger charge is 2.27. The summed E-state index contributed by atoms with van der Waals surface area (Å²) in [5, 5.41) is 1.23. The summed E-state index contributed by atoms with van der Waals surface area (Å²) in [6, 6.07) is 8.52. The van der Waals surface area contributed by atoms with Gasteiger partial charge in [0.2, 0.25) is 0 Å². The fourth-order valence-electron chi connectivity index (χ4n) is 2.35. The average Bonchev–Trinajstić information content (AvgIpc) is 2.59. The third-order valence-electron chi connectivity index (χ3n) is 3.53. The molecule has 1 aromatic rings. The van der Waals surface area contributed by atoms with Crippen molar-refractivity contribution in [2.24, 2.45) is 0 Å². The van der Waals surface area contributed by atoms with Crippen LogP contribution in [-0.4, -0.2) is 23.0 Å². The first kappa shape index (κ1) is 16.0. The van der Waals surface area contributed by atoms with Crippen LogP contribution in [0, 0.1) is 0 Å². The SMILES string of the molecule is C=CCCC(=O)N(OC(=O)c1ccccc1)C1C=CCCC1. The second kappa shape index (κ2) is 8.17. The van der Waals surface area contributed by atoms with Crippen LogP contribution in [-0.2, 0) is 9.63 Å². The molecule has 0 saturated carbocycles. The maximum absolute atomic E-state index is 12.3. The Labute approximate surface area is 131 Å². The van der Waals surface area contributed by atoms with E-state index >= 15 is 0 Å². The molecule has 1 aromatic carbocycles. The molecule has 1 aliphatic carbocycles. The summed E-state index contributed by atoms with van der Waals surface area (Å²) >= 11 is 0. The normalized spacial score (nSPS) is 16.8. The Morgan fingerprint density at radius 2 is 2.09 bits per heavy atom. The van der Waals surface area contributed by atoms with E-state index in [1.54, 1.807) is 30.3 Å². The van der Waals surface area contributed by atoms with Gasteiger partial charge in [-0.1, -0.05) is 36.4 Å². The molecule has 1 atom stereocenters. The van der Waals surface area contributed by atoms with E-state index in [4.69, 9.17) is 4.84 Å². The number of nitrogens with zero attached hydrogens (tertiary/aromatic N) is 1. The molecule has 116 valence electrons. The van der Waals surface area contributed by atoms with Gasteiger partial charge in [-0.15, -0.1) is 6.58 Å². The van der Waals surface area contributed by atoms with E-state index in [0.29, 0.717) is 12.0 Å². The van der Waals surface area contributed by atoms with E-state index in [1.807, 2.05) is 18.2 Å². The van der Waals surface area contributed by atoms with Crippen LogP contribution in [0.3, 0.4) is 0 Å². The van der Waals surface area contributed by atoms with Crippen LogP contribution in [0.25, 0.3) is 0 Å². The molecule has 0 bridgehead atoms. The molecule has 1 amide bonds. The van der Waals surface area contributed by atoms with Crippen LogP contribution in [0.15, 0.2) is 55.1 Å². The van der Waals surface area contributed by atoms with E-state index in [2.05, 4.69) is 6.58 Å². The predicted molar refractivity (Wildman–Crippen MR) is 84.9 cm³/mol. The van der Waals surface area contributed by atoms with Crippen molar-refractivity contribution in [3.63, 3.8) is 0 Å². The van der Waals surface area contributed by atoms with Gasteiger partial charge in [0.05, 0.1) is 11.6 Å². The summed E-state index contributed by atoms with van der Waals surface area (Å²) in [5.74, 6) is -0.702. The van der Waals surface area contributed by atoms with Gasteiger partial charge in [-0.25, -0.2) is 4.79 Å². The zero-order valence-electron chi connectivity index (χ0n) is 12.6. The predicted octanol–water partition coefficient (Wildman–Crippen LogP) is 3.66. The Balaban J connectivity index is 2.11. The third kappa shape index (κ3) is 4.32. The van der Waals surface area contributed by atoms with Crippen LogP contribution >= 0.6 is 0 Å². The Bertz CT molecular complexity index is 551. The molecule has 4 heteroatoms. The Morgan fingerprint density at radius 1 is 1.32 bits per heavy atom. The lowest BCUT2D eigenvalue weighted by molar-refractivity contribution is -0.174. The zero-order chi connectivity index (χ0) is 15.8. The topological polar surface area (TPSA) is 46.6 Å². The number of benzene rings is 1. The second-order valence-corrected chi connectivity index (χ2v) is 5.22. The van der Waals surface area contributed by atoms with Crippen molar-refractivity contribution in [1.29, 1.82) is 0 Å². The standard InChI is InChI=1S/C18H21NO3/c1-2-3-14-17(20)19(16-12-8-5-9-13-16)22-18(21)15-10-6-4-7-11-15/h2,4,6-8,10-12,16H,1,3,5,9,13-14H2. The fraction of sp³-hybridized carbons (Fsp3) is 0.333. The van der Waals surface area contributed by atoms with Gasteiger partial charge >= 0.3 is 5.97 Å². The number of amides is 1. The summed E-state index contributed by atoms with van der Waals surface area (Å²) < 4.78 is 0. The van der Waals surface area contributed by atoms with E-state index in [0.717, 1.165) is 19.3 Å². The van der Waals surface area contributed by atoms with Crippen molar-refractivity contribution >= 4 is 11.9 Å². The maximum atomic E-state index is 12.3. The molecule has 1 unspecified atom stereocenters. The van der Waals surface area contributed by atoms with E-state index in [1.165, 1.54) is 5.06 Å². The molecule has 0 radical (unpaired) electrons. The highest BCUT2D eigenvalue weighted by atomic mass is 16.7. The quantitative estimate of drug-likeness (QED) is 0.615. The molecule has 0 aromatic heterocycles. The van der Waals surface area contributed by atoms with Crippen LogP contribution in [0.2, 0.25) is 0 Å². The average molecular weight is 299 g/mol. The van der Waals surface area contributed by atoms with Crippen molar-refractivity contribution < 1.29 is 14.4 Å². The number of allylic oxidation sites excluding steroid dienone is 2. The van der Waals surface area contributed by atoms with Crippen LogP contribution in [0.5, 0.6) is 0 Å². The summed E-state index contributed by atoms with van der Waals surface area (Å²) in [5.41, 5.74) is 0.434. The minimum absolute atomic E-state index is 0.182. The Hall–Kier alpha value is -2.36. The minimum atomic E-state index is -0.508. The largest absolute Gasteiger partial charge is 0.363 e. The third-order valence-corrected chi connectivity index (χ3v) is 3.53. The molecule has 1 aliphatic rings. The van der Waals surface area contributed by atoms with Gasteiger partial charge in [-0.3, -0.25) is 4.79 Å². The molecule has 0 N–H and O–H groups in total. The maximum Gasteiger partial charge on any atom is 0.363 e. The van der Waals surface area contributed by atoms with Gasteiger partial charge in [0.25, 0.3) is 5.91 Å². The summed E-state index contributed by atoms with van der Waals surface area (Å²) in [6.07, 6.45) is 9.29. The Morgan fingerprint density at radius 3 is 2.73 bits per heavy atom. The number of hydrogen-bond donors (Lipinski definition) is 0. The molecule has 22 heavy (non-hydrogen) atoms. The molecule has 0 saturated heterocycles. The van der Waals surface area contributed by atoms with Crippen molar-refractivity contribution in [2.75, 3.05) is 0 Å². The first-order valence-electron chi connectivity index (χ1n) is 7.59.